The Hall–Kier alpha value is -4.50. The molecule has 0 spiro atoms. The summed E-state index contributed by atoms with van der Waals surface area (Å²) in [6.07, 6.45) is -4.00. The number of carbonyl (C=O) groups excluding carboxylic acids is 8. The van der Waals surface area contributed by atoms with Gasteiger partial charge < -0.3 is 48.0 Å². The lowest BCUT2D eigenvalue weighted by molar-refractivity contribution is -0.173. The number of esters is 4. The van der Waals surface area contributed by atoms with Crippen LogP contribution in [0.15, 0.2) is 0 Å². The number of hydrogen-bond acceptors (Lipinski definition) is 18. The molecule has 0 radical (unpaired) electrons. The number of amides is 4. The van der Waals surface area contributed by atoms with Crippen LogP contribution in [0.5, 0.6) is 0 Å². The minimum atomic E-state index is -4.90. The number of hydrogen-bond donors (Lipinski definition) is 0. The molecular weight excluding hydrogens is 989 g/mol. The summed E-state index contributed by atoms with van der Waals surface area (Å²) in [4.78, 5) is 118. The van der Waals surface area contributed by atoms with Crippen LogP contribution >= 0.6 is 0 Å². The number of carbonyl (C=O) groups is 8. The number of ether oxygens (including phenoxy) is 6. The molecule has 0 aliphatic carbocycles. The maximum absolute atomic E-state index is 14.7. The largest absolute Gasteiger partial charge is 0.451 e. The normalized spacial score (nSPS) is 28.1. The highest BCUT2D eigenvalue weighted by Gasteiger charge is 2.50. The van der Waals surface area contributed by atoms with Gasteiger partial charge in [-0.2, -0.15) is 8.61 Å². The van der Waals surface area contributed by atoms with Gasteiger partial charge in [-0.3, -0.25) is 19.2 Å². The second-order valence-electron chi connectivity index (χ2n) is 20.2. The summed E-state index contributed by atoms with van der Waals surface area (Å²) in [5.41, 5.74) is -5.22. The van der Waals surface area contributed by atoms with E-state index in [0.29, 0.717) is 0 Å². The minimum Gasteiger partial charge on any atom is -0.451 e. The zero-order valence-corrected chi connectivity index (χ0v) is 45.9. The van der Waals surface area contributed by atoms with Crippen molar-refractivity contribution in [2.45, 2.75) is 142 Å². The maximum Gasteiger partial charge on any atom is 0.330 e. The van der Waals surface area contributed by atoms with E-state index in [1.54, 1.807) is 55.4 Å². The Morgan fingerprint density at radius 1 is 0.403 bits per heavy atom. The summed E-state index contributed by atoms with van der Waals surface area (Å²) in [5, 5.41) is 0. The molecule has 3 aliphatic rings. The molecule has 412 valence electrons. The van der Waals surface area contributed by atoms with Crippen molar-refractivity contribution >= 4 is 67.6 Å². The molecule has 3 saturated heterocycles. The van der Waals surface area contributed by atoms with Crippen molar-refractivity contribution in [1.82, 2.24) is 28.2 Å². The third kappa shape index (κ3) is 15.8. The number of nitrogens with zero attached hydrogens (tertiary/aromatic N) is 6. The lowest BCUT2D eigenvalue weighted by atomic mass is 10.0. The van der Waals surface area contributed by atoms with Crippen molar-refractivity contribution in [3.63, 3.8) is 0 Å². The predicted molar refractivity (Wildman–Crippen MR) is 258 cm³/mol. The van der Waals surface area contributed by atoms with Gasteiger partial charge in [0, 0.05) is 54.4 Å². The Kier molecular flexibility index (Phi) is 22.9. The van der Waals surface area contributed by atoms with Crippen LogP contribution in [0.25, 0.3) is 0 Å². The summed E-state index contributed by atoms with van der Waals surface area (Å²) in [5.74, 6) is -11.2. The number of sulfonamides is 2. The van der Waals surface area contributed by atoms with Crippen molar-refractivity contribution in [2.75, 3.05) is 80.8 Å². The first kappa shape index (κ1) is 61.8. The average Bonchev–Trinajstić information content (AvgIpc) is 3.31. The van der Waals surface area contributed by atoms with Gasteiger partial charge in [0.1, 0.15) is 24.2 Å². The highest BCUT2D eigenvalue weighted by molar-refractivity contribution is 7.90. The summed E-state index contributed by atoms with van der Waals surface area (Å²) in [7, 11) is -5.23. The number of likely N-dealkylation sites (N-methyl/N-ethyl adjacent to an activating group) is 4. The Bertz CT molecular complexity index is 2000. The van der Waals surface area contributed by atoms with Gasteiger partial charge in [0.05, 0.1) is 26.4 Å². The highest BCUT2D eigenvalue weighted by Crippen LogP contribution is 2.26. The molecular formula is C46H78N6O18S2. The zero-order chi connectivity index (χ0) is 54.7. The third-order valence-electron chi connectivity index (χ3n) is 12.5. The van der Waals surface area contributed by atoms with Gasteiger partial charge in [-0.15, -0.1) is 0 Å². The van der Waals surface area contributed by atoms with Gasteiger partial charge in [0.15, 0.2) is 12.2 Å². The fourth-order valence-corrected chi connectivity index (χ4v) is 11.4. The summed E-state index contributed by atoms with van der Waals surface area (Å²) >= 11 is 0. The number of rotatable bonds is 12. The molecule has 4 amide bonds. The van der Waals surface area contributed by atoms with E-state index < -0.39 is 115 Å². The predicted octanol–water partition coefficient (Wildman–Crippen LogP) is 0.418. The summed E-state index contributed by atoms with van der Waals surface area (Å²) in [6, 6.07) is -6.39. The lowest BCUT2D eigenvalue weighted by Crippen LogP contribution is -2.58. The Morgan fingerprint density at radius 3 is 0.861 bits per heavy atom. The molecule has 3 heterocycles. The van der Waals surface area contributed by atoms with Crippen molar-refractivity contribution < 1.29 is 83.6 Å². The van der Waals surface area contributed by atoms with Crippen molar-refractivity contribution in [3.05, 3.63) is 0 Å². The van der Waals surface area contributed by atoms with Crippen LogP contribution in [-0.2, 0) is 86.8 Å². The van der Waals surface area contributed by atoms with Crippen molar-refractivity contribution in [1.29, 1.82) is 0 Å². The van der Waals surface area contributed by atoms with Gasteiger partial charge in [-0.25, -0.2) is 36.0 Å². The Balaban J connectivity index is 2.33. The molecule has 0 aromatic heterocycles. The second-order valence-corrected chi connectivity index (χ2v) is 24.1. The zero-order valence-electron chi connectivity index (χ0n) is 44.3. The standard InChI is InChI=1S/C46H78N6O18S2/c1-27(2)23-33-41(57)67-31(9)37(53)47(11)36(26-30(7)8)44(60)70-46(72(63,64)52-17-21-66-22-18-52)40(56)50(14)34(24-28(3)4)42(58)68-32(10)38(54)48(12)35(25-29(5)6)43(59)69-45(39(55)49(33)13)71(61,62)51-15-19-65-20-16-51/h27-36,45-46H,15-26H2,1-14H3. The van der Waals surface area contributed by atoms with E-state index in [1.807, 2.05) is 0 Å². The van der Waals surface area contributed by atoms with Crippen molar-refractivity contribution in [3.8, 4) is 0 Å². The molecule has 8 atom stereocenters. The Morgan fingerprint density at radius 2 is 0.625 bits per heavy atom. The van der Waals surface area contributed by atoms with Crippen LogP contribution in [0.3, 0.4) is 0 Å². The van der Waals surface area contributed by atoms with Crippen molar-refractivity contribution in [2.24, 2.45) is 23.7 Å². The Labute approximate surface area is 424 Å². The fraction of sp³-hybridized carbons (Fsp3) is 0.826. The van der Waals surface area contributed by atoms with Crippen LogP contribution in [0, 0.1) is 23.7 Å². The lowest BCUT2D eigenvalue weighted by Gasteiger charge is -2.36. The summed E-state index contributed by atoms with van der Waals surface area (Å²) in [6.45, 7) is 14.9. The number of cyclic esters (lactones) is 4. The van der Waals surface area contributed by atoms with Gasteiger partial charge >= 0.3 is 23.9 Å². The topological polar surface area (TPSA) is 280 Å². The van der Waals surface area contributed by atoms with E-state index in [2.05, 4.69) is 0 Å². The molecule has 8 unspecified atom stereocenters. The van der Waals surface area contributed by atoms with Gasteiger partial charge in [-0.05, 0) is 63.2 Å². The quantitative estimate of drug-likeness (QED) is 0.189. The molecule has 0 saturated carbocycles. The van der Waals surface area contributed by atoms with Crippen LogP contribution in [0.4, 0.5) is 0 Å². The van der Waals surface area contributed by atoms with E-state index in [-0.39, 0.29) is 102 Å². The molecule has 3 fully saturated rings. The van der Waals surface area contributed by atoms with Crippen LogP contribution in [0.1, 0.15) is 94.9 Å². The third-order valence-corrected chi connectivity index (χ3v) is 16.3. The monoisotopic (exact) mass is 1070 g/mol. The molecule has 0 aromatic carbocycles. The highest BCUT2D eigenvalue weighted by atomic mass is 32.2. The van der Waals surface area contributed by atoms with Gasteiger partial charge in [0.25, 0.3) is 54.5 Å². The molecule has 0 aromatic rings. The minimum absolute atomic E-state index is 0.0533. The molecule has 0 bridgehead atoms. The SMILES string of the molecule is CC(C)CC1C(=O)OC(S(=O)(=O)N2CCOCC2)C(=O)N(C)C(CC(C)C)C(=O)OC(C)C(=O)N(C)C(CC(C)C)C(=O)OC(S(=O)(=O)N2CCOCC2)C(=O)N(C)C(CC(C)C)C(=O)OC(C)C(=O)N1C. The fourth-order valence-electron chi connectivity index (χ4n) is 8.28. The molecule has 3 aliphatic heterocycles. The van der Waals surface area contributed by atoms with E-state index >= 15 is 0 Å². The van der Waals surface area contributed by atoms with Crippen LogP contribution in [-0.4, -0.2) is 221 Å². The molecule has 3 rings (SSSR count). The van der Waals surface area contributed by atoms with Crippen LogP contribution in [0.2, 0.25) is 0 Å². The molecule has 72 heavy (non-hydrogen) atoms. The van der Waals surface area contributed by atoms with Gasteiger partial charge in [0.2, 0.25) is 0 Å². The molecule has 24 nitrogen and oxygen atoms in total. The van der Waals surface area contributed by atoms with Crippen LogP contribution < -0.4 is 0 Å². The smallest absolute Gasteiger partial charge is 0.330 e. The average molecular weight is 1070 g/mol. The maximum atomic E-state index is 14.7. The molecule has 0 N–H and O–H groups in total. The first-order chi connectivity index (χ1) is 33.4. The van der Waals surface area contributed by atoms with E-state index in [1.165, 1.54) is 27.9 Å². The first-order valence-corrected chi connectivity index (χ1v) is 27.4. The molecule has 26 heteroatoms. The van der Waals surface area contributed by atoms with Gasteiger partial charge in [-0.1, -0.05) is 55.4 Å². The second kappa shape index (κ2) is 26.6. The summed E-state index contributed by atoms with van der Waals surface area (Å²) < 4.78 is 92.9. The van der Waals surface area contributed by atoms with E-state index in [4.69, 9.17) is 28.4 Å². The van der Waals surface area contributed by atoms with E-state index in [0.717, 1.165) is 42.3 Å². The first-order valence-electron chi connectivity index (χ1n) is 24.4. The van der Waals surface area contributed by atoms with E-state index in [9.17, 15) is 55.2 Å². The number of morpholine rings is 2.